The van der Waals surface area contributed by atoms with E-state index in [9.17, 15) is 17.6 Å². The topological polar surface area (TPSA) is 66.5 Å². The highest BCUT2D eigenvalue weighted by Gasteiger charge is 2.27. The second-order valence-electron chi connectivity index (χ2n) is 5.52. The molecule has 1 aromatic heterocycles. The number of thiophene rings is 1. The molecule has 1 fully saturated rings. The zero-order valence-electron chi connectivity index (χ0n) is 12.9. The number of nitrogens with one attached hydrogen (secondary N) is 1. The predicted octanol–water partition coefficient (Wildman–Crippen LogP) is 3.31. The Balaban J connectivity index is 1.76. The van der Waals surface area contributed by atoms with Crippen molar-refractivity contribution in [1.29, 1.82) is 0 Å². The molecule has 0 saturated carbocycles. The summed E-state index contributed by atoms with van der Waals surface area (Å²) in [5.41, 5.74) is -0.0775. The third-order valence-corrected chi connectivity index (χ3v) is 7.21. The van der Waals surface area contributed by atoms with Crippen LogP contribution in [0.15, 0.2) is 40.6 Å². The molecule has 0 bridgehead atoms. The molecule has 0 radical (unpaired) electrons. The van der Waals surface area contributed by atoms with Gasteiger partial charge in [0, 0.05) is 13.1 Å². The quantitative estimate of drug-likeness (QED) is 0.900. The number of benzene rings is 1. The number of piperidine rings is 1. The summed E-state index contributed by atoms with van der Waals surface area (Å²) in [6, 6.07) is 8.66. The fourth-order valence-electron chi connectivity index (χ4n) is 2.58. The SMILES string of the molecule is O=C(Nc1ccc(S(=O)(=O)N2CCCCC2)s1)c1ccccc1F. The van der Waals surface area contributed by atoms with E-state index in [0.717, 1.165) is 30.6 Å². The molecule has 8 heteroatoms. The molecule has 1 saturated heterocycles. The number of halogens is 1. The summed E-state index contributed by atoms with van der Waals surface area (Å²) in [6.07, 6.45) is 2.77. The number of hydrogen-bond donors (Lipinski definition) is 1. The fraction of sp³-hybridized carbons (Fsp3) is 0.312. The standard InChI is InChI=1S/C16H17FN2O3S2/c17-13-7-3-2-6-12(13)16(20)18-14-8-9-15(23-14)24(21,22)19-10-4-1-5-11-19/h2-3,6-9H,1,4-5,10-11H2,(H,18,20). The molecule has 1 aliphatic heterocycles. The summed E-state index contributed by atoms with van der Waals surface area (Å²) in [5, 5.41) is 2.93. The fourth-order valence-corrected chi connectivity index (χ4v) is 5.46. The van der Waals surface area contributed by atoms with Crippen molar-refractivity contribution in [3.8, 4) is 0 Å². The van der Waals surface area contributed by atoms with Crippen LogP contribution in [0.2, 0.25) is 0 Å². The molecule has 0 spiro atoms. The van der Waals surface area contributed by atoms with Gasteiger partial charge in [-0.2, -0.15) is 4.31 Å². The lowest BCUT2D eigenvalue weighted by molar-refractivity contribution is 0.102. The first-order chi connectivity index (χ1) is 11.5. The smallest absolute Gasteiger partial charge is 0.259 e. The monoisotopic (exact) mass is 368 g/mol. The third kappa shape index (κ3) is 3.50. The highest BCUT2D eigenvalue weighted by molar-refractivity contribution is 7.91. The van der Waals surface area contributed by atoms with Crippen molar-refractivity contribution in [1.82, 2.24) is 4.31 Å². The molecular formula is C16H17FN2O3S2. The molecule has 0 aliphatic carbocycles. The van der Waals surface area contributed by atoms with Gasteiger partial charge in [0.1, 0.15) is 10.0 Å². The third-order valence-electron chi connectivity index (χ3n) is 3.85. The summed E-state index contributed by atoms with van der Waals surface area (Å²) in [7, 11) is -3.52. The van der Waals surface area contributed by atoms with Crippen molar-refractivity contribution in [2.24, 2.45) is 0 Å². The predicted molar refractivity (Wildman–Crippen MR) is 91.3 cm³/mol. The number of sulfonamides is 1. The molecular weight excluding hydrogens is 351 g/mol. The van der Waals surface area contributed by atoms with E-state index >= 15 is 0 Å². The minimum atomic E-state index is -3.52. The Kier molecular flexibility index (Phi) is 4.98. The Morgan fingerprint density at radius 2 is 1.79 bits per heavy atom. The molecule has 0 atom stereocenters. The minimum Gasteiger partial charge on any atom is -0.313 e. The van der Waals surface area contributed by atoms with E-state index < -0.39 is 21.7 Å². The number of hydrogen-bond acceptors (Lipinski definition) is 4. The molecule has 5 nitrogen and oxygen atoms in total. The van der Waals surface area contributed by atoms with Gasteiger partial charge in [0.05, 0.1) is 10.6 Å². The van der Waals surface area contributed by atoms with Crippen molar-refractivity contribution in [3.63, 3.8) is 0 Å². The molecule has 1 aromatic carbocycles. The maximum absolute atomic E-state index is 13.6. The van der Waals surface area contributed by atoms with E-state index in [-0.39, 0.29) is 9.77 Å². The molecule has 2 heterocycles. The van der Waals surface area contributed by atoms with Crippen LogP contribution in [0.25, 0.3) is 0 Å². The Labute approximate surface area is 144 Å². The van der Waals surface area contributed by atoms with Crippen LogP contribution in [-0.4, -0.2) is 31.7 Å². The molecule has 1 aliphatic rings. The van der Waals surface area contributed by atoms with Crippen molar-refractivity contribution < 1.29 is 17.6 Å². The number of anilines is 1. The van der Waals surface area contributed by atoms with Gasteiger partial charge in [-0.1, -0.05) is 18.6 Å². The largest absolute Gasteiger partial charge is 0.313 e. The Morgan fingerprint density at radius 1 is 1.08 bits per heavy atom. The molecule has 1 N–H and O–H groups in total. The van der Waals surface area contributed by atoms with Crippen molar-refractivity contribution in [2.75, 3.05) is 18.4 Å². The highest BCUT2D eigenvalue weighted by atomic mass is 32.2. The van der Waals surface area contributed by atoms with Gasteiger partial charge in [-0.3, -0.25) is 4.79 Å². The lowest BCUT2D eigenvalue weighted by atomic mass is 10.2. The second kappa shape index (κ2) is 7.00. The maximum Gasteiger partial charge on any atom is 0.259 e. The first-order valence-corrected chi connectivity index (χ1v) is 9.90. The van der Waals surface area contributed by atoms with Gasteiger partial charge < -0.3 is 5.32 Å². The Hall–Kier alpha value is -1.77. The average molecular weight is 368 g/mol. The van der Waals surface area contributed by atoms with Gasteiger partial charge in [0.2, 0.25) is 0 Å². The van der Waals surface area contributed by atoms with Crippen molar-refractivity contribution in [3.05, 3.63) is 47.8 Å². The van der Waals surface area contributed by atoms with Crippen LogP contribution in [-0.2, 0) is 10.0 Å². The van der Waals surface area contributed by atoms with Gasteiger partial charge >= 0.3 is 0 Å². The van der Waals surface area contributed by atoms with E-state index in [0.29, 0.717) is 18.1 Å². The summed E-state index contributed by atoms with van der Waals surface area (Å²) < 4.78 is 40.4. The van der Waals surface area contributed by atoms with Crippen molar-refractivity contribution >= 4 is 32.3 Å². The van der Waals surface area contributed by atoms with Crippen molar-refractivity contribution in [2.45, 2.75) is 23.5 Å². The first kappa shape index (κ1) is 17.1. The summed E-state index contributed by atoms with van der Waals surface area (Å²) in [5.74, 6) is -1.22. The van der Waals surface area contributed by atoms with Crippen LogP contribution >= 0.6 is 11.3 Å². The van der Waals surface area contributed by atoms with E-state index in [1.54, 1.807) is 6.07 Å². The lowest BCUT2D eigenvalue weighted by Crippen LogP contribution is -2.35. The minimum absolute atomic E-state index is 0.0775. The van der Waals surface area contributed by atoms with Gasteiger partial charge in [-0.25, -0.2) is 12.8 Å². The summed E-state index contributed by atoms with van der Waals surface area (Å²) in [6.45, 7) is 1.05. The molecule has 1 amide bonds. The number of carbonyl (C=O) groups is 1. The number of carbonyl (C=O) groups excluding carboxylic acids is 1. The summed E-state index contributed by atoms with van der Waals surface area (Å²) >= 11 is 0.978. The Morgan fingerprint density at radius 3 is 2.50 bits per heavy atom. The van der Waals surface area contributed by atoms with E-state index in [2.05, 4.69) is 5.32 Å². The molecule has 24 heavy (non-hydrogen) atoms. The normalized spacial score (nSPS) is 16.0. The van der Waals surface area contributed by atoms with E-state index in [1.165, 1.54) is 34.6 Å². The van der Waals surface area contributed by atoms with Gasteiger partial charge in [0.25, 0.3) is 15.9 Å². The number of amides is 1. The van der Waals surface area contributed by atoms with E-state index in [4.69, 9.17) is 0 Å². The first-order valence-electron chi connectivity index (χ1n) is 7.64. The molecule has 0 unspecified atom stereocenters. The van der Waals surface area contributed by atoms with Gasteiger partial charge in [0.15, 0.2) is 0 Å². The molecule has 128 valence electrons. The van der Waals surface area contributed by atoms with Crippen LogP contribution < -0.4 is 5.32 Å². The molecule has 2 aromatic rings. The number of nitrogens with zero attached hydrogens (tertiary/aromatic N) is 1. The summed E-state index contributed by atoms with van der Waals surface area (Å²) in [4.78, 5) is 12.1. The van der Waals surface area contributed by atoms with E-state index in [1.807, 2.05) is 0 Å². The second-order valence-corrected chi connectivity index (χ2v) is 8.77. The van der Waals surface area contributed by atoms with Crippen LogP contribution in [0, 0.1) is 5.82 Å². The average Bonchev–Trinajstić information content (AvgIpc) is 3.05. The van der Waals surface area contributed by atoms with Crippen LogP contribution in [0.3, 0.4) is 0 Å². The number of rotatable bonds is 4. The van der Waals surface area contributed by atoms with Crippen LogP contribution in [0.1, 0.15) is 29.6 Å². The van der Waals surface area contributed by atoms with Gasteiger partial charge in [-0.15, -0.1) is 11.3 Å². The zero-order valence-corrected chi connectivity index (χ0v) is 14.5. The van der Waals surface area contributed by atoms with Crippen LogP contribution in [0.5, 0.6) is 0 Å². The maximum atomic E-state index is 13.6. The van der Waals surface area contributed by atoms with Gasteiger partial charge in [-0.05, 0) is 37.1 Å². The van der Waals surface area contributed by atoms with Crippen LogP contribution in [0.4, 0.5) is 9.39 Å². The lowest BCUT2D eigenvalue weighted by Gasteiger charge is -2.25. The zero-order chi connectivity index (χ0) is 17.2. The molecule has 3 rings (SSSR count). The Bertz CT molecular complexity index is 843. The highest BCUT2D eigenvalue weighted by Crippen LogP contribution is 2.30.